The van der Waals surface area contributed by atoms with Gasteiger partial charge in [-0.25, -0.2) is 4.79 Å². The molecule has 16 heavy (non-hydrogen) atoms. The average Bonchev–Trinajstić information content (AvgIpc) is 2.75. The lowest BCUT2D eigenvalue weighted by atomic mass is 9.94. The number of benzene rings is 1. The third kappa shape index (κ3) is 1.92. The van der Waals surface area contributed by atoms with E-state index in [1.165, 1.54) is 0 Å². The molecule has 0 bridgehead atoms. The third-order valence-corrected chi connectivity index (χ3v) is 2.73. The van der Waals surface area contributed by atoms with Gasteiger partial charge in [0.05, 0.1) is 5.69 Å². The summed E-state index contributed by atoms with van der Waals surface area (Å²) in [5.41, 5.74) is 8.47. The Bertz CT molecular complexity index is 527. The molecule has 0 aliphatic carbocycles. The summed E-state index contributed by atoms with van der Waals surface area (Å²) in [6.45, 7) is 2.66. The van der Waals surface area contributed by atoms with E-state index in [4.69, 9.17) is 5.73 Å². The van der Waals surface area contributed by atoms with Gasteiger partial charge in [0.15, 0.2) is 0 Å². The van der Waals surface area contributed by atoms with E-state index < -0.39 is 0 Å². The van der Waals surface area contributed by atoms with Crippen LogP contribution in [0.15, 0.2) is 35.3 Å². The standard InChI is InChI=1S/C12H15N3O/c1-8(6-13)9-4-2-3-5-10(9)11-7-14-12(16)15-11/h2-5,7-8H,6,13H2,1H3,(H2,14,15,16). The Morgan fingerprint density at radius 3 is 2.75 bits per heavy atom. The predicted octanol–water partition coefficient (Wildman–Crippen LogP) is 1.43. The fraction of sp³-hybridized carbons (Fsp3) is 0.250. The van der Waals surface area contributed by atoms with Crippen LogP contribution in [0, 0.1) is 0 Å². The van der Waals surface area contributed by atoms with Gasteiger partial charge in [0.1, 0.15) is 0 Å². The minimum absolute atomic E-state index is 0.190. The first-order chi connectivity index (χ1) is 7.72. The van der Waals surface area contributed by atoms with Crippen LogP contribution in [0.25, 0.3) is 11.3 Å². The zero-order valence-electron chi connectivity index (χ0n) is 9.16. The minimum atomic E-state index is -0.190. The molecule has 2 rings (SSSR count). The summed E-state index contributed by atoms with van der Waals surface area (Å²) < 4.78 is 0. The van der Waals surface area contributed by atoms with E-state index in [0.717, 1.165) is 16.8 Å². The van der Waals surface area contributed by atoms with E-state index in [-0.39, 0.29) is 11.6 Å². The molecule has 1 atom stereocenters. The van der Waals surface area contributed by atoms with Crippen LogP contribution in [-0.4, -0.2) is 16.5 Å². The summed E-state index contributed by atoms with van der Waals surface area (Å²) in [6.07, 6.45) is 1.68. The van der Waals surface area contributed by atoms with Crippen molar-refractivity contribution in [1.82, 2.24) is 9.97 Å². The van der Waals surface area contributed by atoms with Gasteiger partial charge in [-0.3, -0.25) is 0 Å². The van der Waals surface area contributed by atoms with Crippen molar-refractivity contribution in [1.29, 1.82) is 0 Å². The summed E-state index contributed by atoms with van der Waals surface area (Å²) in [4.78, 5) is 16.4. The molecule has 1 heterocycles. The maximum Gasteiger partial charge on any atom is 0.323 e. The molecule has 4 N–H and O–H groups in total. The molecule has 4 nitrogen and oxygen atoms in total. The normalized spacial score (nSPS) is 12.6. The molecular formula is C12H15N3O. The molecule has 0 aliphatic rings. The largest absolute Gasteiger partial charge is 0.330 e. The molecule has 1 unspecified atom stereocenters. The molecule has 0 spiro atoms. The Balaban J connectivity index is 2.52. The first-order valence-corrected chi connectivity index (χ1v) is 5.29. The lowest BCUT2D eigenvalue weighted by Crippen LogP contribution is -2.10. The number of H-pyrrole nitrogens is 2. The first kappa shape index (κ1) is 10.7. The lowest BCUT2D eigenvalue weighted by Gasteiger charge is -2.13. The zero-order chi connectivity index (χ0) is 11.5. The minimum Gasteiger partial charge on any atom is -0.330 e. The van der Waals surface area contributed by atoms with Crippen LogP contribution in [0.2, 0.25) is 0 Å². The van der Waals surface area contributed by atoms with Crippen LogP contribution < -0.4 is 11.4 Å². The zero-order valence-corrected chi connectivity index (χ0v) is 9.16. The van der Waals surface area contributed by atoms with Crippen LogP contribution in [0.1, 0.15) is 18.4 Å². The van der Waals surface area contributed by atoms with E-state index in [2.05, 4.69) is 16.9 Å². The van der Waals surface area contributed by atoms with Gasteiger partial charge in [0, 0.05) is 11.8 Å². The first-order valence-electron chi connectivity index (χ1n) is 5.29. The number of rotatable bonds is 3. The smallest absolute Gasteiger partial charge is 0.323 e. The molecule has 0 fully saturated rings. The quantitative estimate of drug-likeness (QED) is 0.727. The van der Waals surface area contributed by atoms with Crippen molar-refractivity contribution in [2.24, 2.45) is 5.73 Å². The molecule has 84 valence electrons. The van der Waals surface area contributed by atoms with Crippen molar-refractivity contribution in [2.75, 3.05) is 6.54 Å². The van der Waals surface area contributed by atoms with Crippen molar-refractivity contribution < 1.29 is 0 Å². The molecule has 0 saturated carbocycles. The molecule has 4 heteroatoms. The average molecular weight is 217 g/mol. The SMILES string of the molecule is CC(CN)c1ccccc1-c1c[nH]c(=O)[nH]1. The number of hydrogen-bond donors (Lipinski definition) is 3. The van der Waals surface area contributed by atoms with Gasteiger partial charge in [-0.05, 0) is 18.0 Å². The number of nitrogens with two attached hydrogens (primary N) is 1. The van der Waals surface area contributed by atoms with Gasteiger partial charge in [0.25, 0.3) is 0 Å². The molecule has 2 aromatic rings. The van der Waals surface area contributed by atoms with Crippen LogP contribution in [0.5, 0.6) is 0 Å². The van der Waals surface area contributed by atoms with Crippen molar-refractivity contribution in [3.63, 3.8) is 0 Å². The Labute approximate surface area is 93.5 Å². The monoisotopic (exact) mass is 217 g/mol. The Morgan fingerprint density at radius 2 is 2.12 bits per heavy atom. The van der Waals surface area contributed by atoms with Crippen molar-refractivity contribution in [3.8, 4) is 11.3 Å². The highest BCUT2D eigenvalue weighted by Crippen LogP contribution is 2.26. The molecule has 0 radical (unpaired) electrons. The Morgan fingerprint density at radius 1 is 1.38 bits per heavy atom. The van der Waals surface area contributed by atoms with E-state index >= 15 is 0 Å². The molecular weight excluding hydrogens is 202 g/mol. The van der Waals surface area contributed by atoms with Crippen molar-refractivity contribution in [3.05, 3.63) is 46.5 Å². The number of imidazole rings is 1. The second-order valence-electron chi connectivity index (χ2n) is 3.88. The van der Waals surface area contributed by atoms with Gasteiger partial charge in [0.2, 0.25) is 0 Å². The number of nitrogens with one attached hydrogen (secondary N) is 2. The molecule has 1 aromatic carbocycles. The second kappa shape index (κ2) is 4.37. The molecule has 0 saturated heterocycles. The highest BCUT2D eigenvalue weighted by Gasteiger charge is 2.11. The fourth-order valence-electron chi connectivity index (χ4n) is 1.78. The maximum atomic E-state index is 11.1. The third-order valence-electron chi connectivity index (χ3n) is 2.73. The number of aromatic nitrogens is 2. The van der Waals surface area contributed by atoms with E-state index in [9.17, 15) is 4.79 Å². The molecule has 0 aliphatic heterocycles. The van der Waals surface area contributed by atoms with Crippen LogP contribution in [0.4, 0.5) is 0 Å². The summed E-state index contributed by atoms with van der Waals surface area (Å²) in [5, 5.41) is 0. The van der Waals surface area contributed by atoms with Crippen molar-refractivity contribution >= 4 is 0 Å². The maximum absolute atomic E-state index is 11.1. The van der Waals surface area contributed by atoms with Crippen LogP contribution >= 0.6 is 0 Å². The second-order valence-corrected chi connectivity index (χ2v) is 3.88. The highest BCUT2D eigenvalue weighted by atomic mass is 16.1. The summed E-state index contributed by atoms with van der Waals surface area (Å²) in [7, 11) is 0. The van der Waals surface area contributed by atoms with E-state index in [0.29, 0.717) is 6.54 Å². The fourth-order valence-corrected chi connectivity index (χ4v) is 1.78. The highest BCUT2D eigenvalue weighted by molar-refractivity contribution is 5.63. The molecule has 1 aromatic heterocycles. The van der Waals surface area contributed by atoms with Gasteiger partial charge >= 0.3 is 5.69 Å². The molecule has 0 amide bonds. The summed E-state index contributed by atoms with van der Waals surface area (Å²) >= 11 is 0. The van der Waals surface area contributed by atoms with E-state index in [1.807, 2.05) is 24.3 Å². The lowest BCUT2D eigenvalue weighted by molar-refractivity contribution is 0.775. The Kier molecular flexibility index (Phi) is 2.92. The predicted molar refractivity (Wildman–Crippen MR) is 64.3 cm³/mol. The number of aromatic amines is 2. The number of hydrogen-bond acceptors (Lipinski definition) is 2. The summed E-state index contributed by atoms with van der Waals surface area (Å²) in [5.74, 6) is 0.273. The van der Waals surface area contributed by atoms with Gasteiger partial charge in [-0.15, -0.1) is 0 Å². The van der Waals surface area contributed by atoms with Gasteiger partial charge in [-0.2, -0.15) is 0 Å². The van der Waals surface area contributed by atoms with Crippen LogP contribution in [-0.2, 0) is 0 Å². The summed E-state index contributed by atoms with van der Waals surface area (Å²) in [6, 6.07) is 7.96. The van der Waals surface area contributed by atoms with E-state index in [1.54, 1.807) is 6.20 Å². The van der Waals surface area contributed by atoms with Gasteiger partial charge in [-0.1, -0.05) is 31.2 Å². The Hall–Kier alpha value is -1.81. The van der Waals surface area contributed by atoms with Gasteiger partial charge < -0.3 is 15.7 Å². The van der Waals surface area contributed by atoms with Crippen molar-refractivity contribution in [2.45, 2.75) is 12.8 Å². The topological polar surface area (TPSA) is 74.7 Å². The van der Waals surface area contributed by atoms with Crippen LogP contribution in [0.3, 0.4) is 0 Å².